The smallest absolute Gasteiger partial charge is 0.238 e. The Bertz CT molecular complexity index is 1760. The van der Waals surface area contributed by atoms with Crippen molar-refractivity contribution >= 4 is 39.9 Å². The van der Waals surface area contributed by atoms with E-state index in [1.165, 1.54) is 4.90 Å². The van der Waals surface area contributed by atoms with Crippen LogP contribution in [0.5, 0.6) is 5.75 Å². The number of phenolic OH excluding ortho intramolecular Hbond substituents is 1. The number of para-hydroxylation sites is 1. The molecule has 0 saturated carbocycles. The molecular formula is C39H39NO5. The van der Waals surface area contributed by atoms with Gasteiger partial charge in [0.1, 0.15) is 5.75 Å². The number of allylic oxidation sites excluding steroid dienone is 2. The number of fused-ring (bicyclic) bond motifs is 2. The van der Waals surface area contributed by atoms with E-state index in [4.69, 9.17) is 0 Å². The van der Waals surface area contributed by atoms with Crippen LogP contribution in [-0.4, -0.2) is 39.8 Å². The van der Waals surface area contributed by atoms with Crippen molar-refractivity contribution in [1.29, 1.82) is 0 Å². The first-order chi connectivity index (χ1) is 21.9. The number of imide groups is 1. The number of hydrogen-bond donors (Lipinski definition) is 3. The maximum Gasteiger partial charge on any atom is 0.238 e. The molecule has 0 radical (unpaired) electrons. The number of carbonyl (C=O) groups excluding carboxylic acids is 2. The lowest BCUT2D eigenvalue weighted by atomic mass is 9.67. The molecule has 1 heterocycles. The Hall–Kier alpha value is -4.52. The summed E-state index contributed by atoms with van der Waals surface area (Å²) in [4.78, 5) is 28.7. The Morgan fingerprint density at radius 3 is 2.24 bits per heavy atom. The van der Waals surface area contributed by atoms with E-state index < -0.39 is 23.9 Å². The second-order valence-corrected chi connectivity index (χ2v) is 12.1. The van der Waals surface area contributed by atoms with Gasteiger partial charge in [0, 0.05) is 11.3 Å². The van der Waals surface area contributed by atoms with Crippen molar-refractivity contribution in [3.8, 4) is 5.75 Å². The Morgan fingerprint density at radius 2 is 1.56 bits per heavy atom. The first kappa shape index (κ1) is 30.5. The predicted molar refractivity (Wildman–Crippen MR) is 178 cm³/mol. The number of rotatable bonds is 10. The molecule has 45 heavy (non-hydrogen) atoms. The molecular weight excluding hydrogens is 562 g/mol. The molecule has 4 aromatic carbocycles. The zero-order valence-corrected chi connectivity index (χ0v) is 25.5. The second-order valence-electron chi connectivity index (χ2n) is 12.1. The molecule has 1 aliphatic heterocycles. The summed E-state index contributed by atoms with van der Waals surface area (Å²) >= 11 is 0. The number of phenols is 1. The third-order valence-electron chi connectivity index (χ3n) is 9.40. The van der Waals surface area contributed by atoms with Crippen molar-refractivity contribution in [3.05, 3.63) is 119 Å². The molecule has 0 bridgehead atoms. The minimum Gasteiger partial charge on any atom is -0.507 e. The minimum absolute atomic E-state index is 0.228. The van der Waals surface area contributed by atoms with Gasteiger partial charge in [-0.05, 0) is 71.5 Å². The topological polar surface area (TPSA) is 98.1 Å². The normalized spacial score (nSPS) is 21.0. The van der Waals surface area contributed by atoms with Crippen molar-refractivity contribution in [3.63, 3.8) is 0 Å². The van der Waals surface area contributed by atoms with Gasteiger partial charge in [-0.2, -0.15) is 0 Å². The monoisotopic (exact) mass is 601 g/mol. The van der Waals surface area contributed by atoms with Gasteiger partial charge in [-0.3, -0.25) is 14.5 Å². The minimum atomic E-state index is -0.887. The van der Waals surface area contributed by atoms with Gasteiger partial charge >= 0.3 is 0 Å². The van der Waals surface area contributed by atoms with Crippen LogP contribution in [0.4, 0.5) is 5.69 Å². The molecule has 2 aliphatic rings. The maximum absolute atomic E-state index is 13.8. The van der Waals surface area contributed by atoms with Crippen molar-refractivity contribution in [2.24, 2.45) is 17.8 Å². The number of carbonyl (C=O) groups is 2. The summed E-state index contributed by atoms with van der Waals surface area (Å²) in [5, 5.41) is 34.7. The van der Waals surface area contributed by atoms with E-state index in [1.807, 2.05) is 66.7 Å². The molecule has 2 amide bonds. The van der Waals surface area contributed by atoms with E-state index in [0.29, 0.717) is 31.4 Å². The Labute approximate surface area is 264 Å². The molecule has 0 unspecified atom stereocenters. The molecule has 3 N–H and O–H groups in total. The fourth-order valence-corrected chi connectivity index (χ4v) is 7.35. The van der Waals surface area contributed by atoms with E-state index in [1.54, 1.807) is 30.3 Å². The first-order valence-corrected chi connectivity index (χ1v) is 15.8. The highest BCUT2D eigenvalue weighted by Crippen LogP contribution is 2.48. The lowest BCUT2D eigenvalue weighted by Gasteiger charge is -2.36. The van der Waals surface area contributed by atoms with E-state index in [2.05, 4.69) is 13.0 Å². The van der Waals surface area contributed by atoms with Gasteiger partial charge in [0.15, 0.2) is 0 Å². The van der Waals surface area contributed by atoms with Crippen LogP contribution in [0.15, 0.2) is 108 Å². The van der Waals surface area contributed by atoms with Crippen LogP contribution < -0.4 is 4.90 Å². The van der Waals surface area contributed by atoms with Crippen LogP contribution >= 0.6 is 0 Å². The molecule has 4 atom stereocenters. The van der Waals surface area contributed by atoms with Crippen molar-refractivity contribution in [2.75, 3.05) is 11.5 Å². The van der Waals surface area contributed by atoms with Crippen LogP contribution in [0.2, 0.25) is 0 Å². The van der Waals surface area contributed by atoms with E-state index >= 15 is 0 Å². The third-order valence-corrected chi connectivity index (χ3v) is 9.40. The summed E-state index contributed by atoms with van der Waals surface area (Å²) in [6.45, 7) is 1.75. The molecule has 0 aromatic heterocycles. The van der Waals surface area contributed by atoms with Gasteiger partial charge in [-0.15, -0.1) is 0 Å². The van der Waals surface area contributed by atoms with Gasteiger partial charge in [-0.25, -0.2) is 0 Å². The Morgan fingerprint density at radius 1 is 0.889 bits per heavy atom. The Kier molecular flexibility index (Phi) is 8.97. The Balaban J connectivity index is 1.33. The van der Waals surface area contributed by atoms with Crippen LogP contribution in [0.25, 0.3) is 22.4 Å². The van der Waals surface area contributed by atoms with Crippen LogP contribution in [0.3, 0.4) is 0 Å². The van der Waals surface area contributed by atoms with Crippen molar-refractivity contribution in [1.82, 2.24) is 0 Å². The second kappa shape index (κ2) is 13.2. The highest BCUT2D eigenvalue weighted by atomic mass is 16.3. The SMILES string of the molecule is CCCC1=C([C@H](O)CC/C(=C/c2ccc(O)c3ccccc23)c2ccccc2)[C@H](CO)[C@@H]2C(=O)N(c3ccccc3)C(=O)[C@@H]2C1. The van der Waals surface area contributed by atoms with Crippen molar-refractivity contribution < 1.29 is 24.9 Å². The zero-order chi connectivity index (χ0) is 31.5. The zero-order valence-electron chi connectivity index (χ0n) is 25.5. The largest absolute Gasteiger partial charge is 0.507 e. The maximum atomic E-state index is 13.8. The molecule has 1 aliphatic carbocycles. The molecule has 6 rings (SSSR count). The van der Waals surface area contributed by atoms with Gasteiger partial charge in [0.2, 0.25) is 11.8 Å². The third kappa shape index (κ3) is 5.84. The van der Waals surface area contributed by atoms with Crippen LogP contribution in [0, 0.1) is 17.8 Å². The lowest BCUT2D eigenvalue weighted by molar-refractivity contribution is -0.123. The fourth-order valence-electron chi connectivity index (χ4n) is 7.35. The molecule has 4 aromatic rings. The van der Waals surface area contributed by atoms with Crippen LogP contribution in [-0.2, 0) is 9.59 Å². The van der Waals surface area contributed by atoms with E-state index in [-0.39, 0.29) is 24.2 Å². The summed E-state index contributed by atoms with van der Waals surface area (Å²) in [5.74, 6) is -2.19. The average Bonchev–Trinajstić information content (AvgIpc) is 3.32. The number of aromatic hydroxyl groups is 1. The summed E-state index contributed by atoms with van der Waals surface area (Å²) in [6.07, 6.45) is 4.09. The molecule has 6 nitrogen and oxygen atoms in total. The molecule has 6 heteroatoms. The standard InChI is InChI=1S/C39H39NO5/c1-2-11-28-23-32-37(39(45)40(38(32)44)29-14-7-4-8-15-29)33(24-41)36(28)35(43)21-18-26(25-12-5-3-6-13-25)22-27-19-20-34(42)31-17-10-9-16-30(27)31/h3-10,12-17,19-20,22,32-33,35,37,41-43H,2,11,18,21,23-24H2,1H3/b26-22-/t32-,33+,35-,37-/m1/s1. The molecule has 230 valence electrons. The fraction of sp³-hybridized carbons (Fsp3) is 0.282. The summed E-state index contributed by atoms with van der Waals surface area (Å²) in [6, 6.07) is 30.3. The number of benzene rings is 4. The number of anilines is 1. The number of hydrogen-bond acceptors (Lipinski definition) is 5. The number of aliphatic hydroxyl groups excluding tert-OH is 2. The number of nitrogens with zero attached hydrogens (tertiary/aromatic N) is 1. The van der Waals surface area contributed by atoms with E-state index in [0.717, 1.165) is 45.0 Å². The quantitative estimate of drug-likeness (QED) is 0.102. The van der Waals surface area contributed by atoms with Crippen molar-refractivity contribution in [2.45, 2.75) is 45.1 Å². The van der Waals surface area contributed by atoms with Gasteiger partial charge in [-0.1, -0.05) is 104 Å². The summed E-state index contributed by atoms with van der Waals surface area (Å²) in [5.41, 5.74) is 5.27. The molecule has 1 saturated heterocycles. The molecule has 1 fully saturated rings. The van der Waals surface area contributed by atoms with Gasteiger partial charge < -0.3 is 15.3 Å². The van der Waals surface area contributed by atoms with Gasteiger partial charge in [0.25, 0.3) is 0 Å². The highest BCUT2D eigenvalue weighted by Gasteiger charge is 2.55. The summed E-state index contributed by atoms with van der Waals surface area (Å²) in [7, 11) is 0. The predicted octanol–water partition coefficient (Wildman–Crippen LogP) is 7.14. The van der Waals surface area contributed by atoms with Crippen LogP contribution in [0.1, 0.15) is 50.2 Å². The number of aliphatic hydroxyl groups is 2. The van der Waals surface area contributed by atoms with E-state index in [9.17, 15) is 24.9 Å². The summed E-state index contributed by atoms with van der Waals surface area (Å²) < 4.78 is 0. The lowest BCUT2D eigenvalue weighted by Crippen LogP contribution is -2.39. The number of amides is 2. The first-order valence-electron chi connectivity index (χ1n) is 15.8. The molecule has 0 spiro atoms. The van der Waals surface area contributed by atoms with Gasteiger partial charge in [0.05, 0.1) is 30.2 Å². The average molecular weight is 602 g/mol. The highest BCUT2D eigenvalue weighted by molar-refractivity contribution is 6.22.